The first-order chi connectivity index (χ1) is 8.97. The van der Waals surface area contributed by atoms with Gasteiger partial charge in [0.05, 0.1) is 22.5 Å². The molecule has 0 amide bonds. The quantitative estimate of drug-likeness (QED) is 0.616. The SMILES string of the molecule is CN(C)Cc1cn(-c2ccc(F)c([N+](=O)[O-])c2)nn1. The summed E-state index contributed by atoms with van der Waals surface area (Å²) in [6.07, 6.45) is 1.65. The molecule has 19 heavy (non-hydrogen) atoms. The zero-order valence-electron chi connectivity index (χ0n) is 10.4. The Morgan fingerprint density at radius 1 is 1.47 bits per heavy atom. The van der Waals surface area contributed by atoms with Crippen molar-refractivity contribution < 1.29 is 9.31 Å². The van der Waals surface area contributed by atoms with Gasteiger partial charge in [-0.25, -0.2) is 4.68 Å². The molecule has 0 aliphatic rings. The summed E-state index contributed by atoms with van der Waals surface area (Å²) < 4.78 is 14.6. The molecular weight excluding hydrogens is 253 g/mol. The summed E-state index contributed by atoms with van der Waals surface area (Å²) in [7, 11) is 3.78. The molecule has 100 valence electrons. The van der Waals surface area contributed by atoms with Crippen LogP contribution in [-0.2, 0) is 6.54 Å². The highest BCUT2D eigenvalue weighted by Gasteiger charge is 2.15. The number of hydrogen-bond acceptors (Lipinski definition) is 5. The summed E-state index contributed by atoms with van der Waals surface area (Å²) in [6, 6.07) is 3.58. The predicted molar refractivity (Wildman–Crippen MR) is 65.4 cm³/mol. The molecule has 1 heterocycles. The van der Waals surface area contributed by atoms with Crippen molar-refractivity contribution in [3.8, 4) is 5.69 Å². The number of nitro benzene ring substituents is 1. The summed E-state index contributed by atoms with van der Waals surface area (Å²) in [6.45, 7) is 0.600. The van der Waals surface area contributed by atoms with E-state index >= 15 is 0 Å². The molecule has 0 bridgehead atoms. The normalized spacial score (nSPS) is 10.9. The van der Waals surface area contributed by atoms with Crippen LogP contribution in [0.3, 0.4) is 0 Å². The number of benzene rings is 1. The van der Waals surface area contributed by atoms with Gasteiger partial charge in [0.2, 0.25) is 5.82 Å². The van der Waals surface area contributed by atoms with Crippen LogP contribution in [-0.4, -0.2) is 38.9 Å². The molecule has 2 aromatic rings. The molecule has 0 fully saturated rings. The van der Waals surface area contributed by atoms with Crippen molar-refractivity contribution in [2.45, 2.75) is 6.54 Å². The molecule has 8 heteroatoms. The van der Waals surface area contributed by atoms with E-state index in [0.717, 1.165) is 17.8 Å². The second-order valence-corrected chi connectivity index (χ2v) is 4.29. The molecule has 0 aliphatic carbocycles. The molecular formula is C11H12FN5O2. The highest BCUT2D eigenvalue weighted by Crippen LogP contribution is 2.20. The van der Waals surface area contributed by atoms with E-state index in [4.69, 9.17) is 0 Å². The molecule has 0 radical (unpaired) electrons. The number of aromatic nitrogens is 3. The van der Waals surface area contributed by atoms with Crippen molar-refractivity contribution in [1.29, 1.82) is 0 Å². The first-order valence-corrected chi connectivity index (χ1v) is 5.47. The Morgan fingerprint density at radius 2 is 2.21 bits per heavy atom. The molecule has 0 aliphatic heterocycles. The van der Waals surface area contributed by atoms with Crippen LogP contribution in [0.2, 0.25) is 0 Å². The predicted octanol–water partition coefficient (Wildman–Crippen LogP) is 1.38. The van der Waals surface area contributed by atoms with E-state index in [-0.39, 0.29) is 0 Å². The third kappa shape index (κ3) is 2.91. The van der Waals surface area contributed by atoms with E-state index < -0.39 is 16.4 Å². The fraction of sp³-hybridized carbons (Fsp3) is 0.273. The number of nitrogens with zero attached hydrogens (tertiary/aromatic N) is 5. The van der Waals surface area contributed by atoms with Gasteiger partial charge in [-0.1, -0.05) is 5.21 Å². The van der Waals surface area contributed by atoms with E-state index in [2.05, 4.69) is 10.3 Å². The van der Waals surface area contributed by atoms with Gasteiger partial charge in [0.15, 0.2) is 0 Å². The summed E-state index contributed by atoms with van der Waals surface area (Å²) in [5.74, 6) is -0.873. The zero-order valence-corrected chi connectivity index (χ0v) is 10.4. The molecule has 7 nitrogen and oxygen atoms in total. The van der Waals surface area contributed by atoms with Crippen LogP contribution in [0.15, 0.2) is 24.4 Å². The Bertz CT molecular complexity index is 611. The van der Waals surface area contributed by atoms with Crippen LogP contribution in [0.25, 0.3) is 5.69 Å². The summed E-state index contributed by atoms with van der Waals surface area (Å²) in [5.41, 5.74) is 0.532. The van der Waals surface area contributed by atoms with E-state index in [1.165, 1.54) is 10.7 Å². The average Bonchev–Trinajstić information content (AvgIpc) is 2.76. The lowest BCUT2D eigenvalue weighted by Crippen LogP contribution is -2.10. The zero-order chi connectivity index (χ0) is 14.0. The van der Waals surface area contributed by atoms with E-state index in [0.29, 0.717) is 12.2 Å². The molecule has 0 N–H and O–H groups in total. The fourth-order valence-electron chi connectivity index (χ4n) is 1.60. The number of nitro groups is 1. The summed E-state index contributed by atoms with van der Waals surface area (Å²) in [5, 5.41) is 18.5. The summed E-state index contributed by atoms with van der Waals surface area (Å²) in [4.78, 5) is 11.8. The first-order valence-electron chi connectivity index (χ1n) is 5.47. The third-order valence-corrected chi connectivity index (χ3v) is 2.41. The molecule has 2 rings (SSSR count). The number of rotatable bonds is 4. The van der Waals surface area contributed by atoms with Gasteiger partial charge in [0.25, 0.3) is 0 Å². The molecule has 0 spiro atoms. The van der Waals surface area contributed by atoms with Crippen molar-refractivity contribution in [2.75, 3.05) is 14.1 Å². The van der Waals surface area contributed by atoms with Crippen molar-refractivity contribution in [2.24, 2.45) is 0 Å². The van der Waals surface area contributed by atoms with Gasteiger partial charge in [-0.15, -0.1) is 5.10 Å². The van der Waals surface area contributed by atoms with Crippen molar-refractivity contribution in [3.05, 3.63) is 46.0 Å². The van der Waals surface area contributed by atoms with Crippen molar-refractivity contribution in [1.82, 2.24) is 19.9 Å². The minimum Gasteiger partial charge on any atom is -0.303 e. The van der Waals surface area contributed by atoms with Gasteiger partial charge in [-0.05, 0) is 26.2 Å². The minimum atomic E-state index is -0.873. The van der Waals surface area contributed by atoms with Crippen LogP contribution in [0.5, 0.6) is 0 Å². The molecule has 0 saturated heterocycles. The van der Waals surface area contributed by atoms with Crippen LogP contribution in [0.4, 0.5) is 10.1 Å². The summed E-state index contributed by atoms with van der Waals surface area (Å²) >= 11 is 0. The maximum atomic E-state index is 13.2. The smallest absolute Gasteiger partial charge is 0.303 e. The van der Waals surface area contributed by atoms with Crippen LogP contribution < -0.4 is 0 Å². The number of halogens is 1. The Labute approximate surface area is 108 Å². The molecule has 1 aromatic heterocycles. The Morgan fingerprint density at radius 3 is 2.84 bits per heavy atom. The molecule has 0 saturated carbocycles. The molecule has 0 unspecified atom stereocenters. The van der Waals surface area contributed by atoms with Gasteiger partial charge in [0, 0.05) is 12.6 Å². The maximum absolute atomic E-state index is 13.2. The van der Waals surface area contributed by atoms with E-state index in [1.807, 2.05) is 19.0 Å². The average molecular weight is 265 g/mol. The Kier molecular flexibility index (Phi) is 3.52. The van der Waals surface area contributed by atoms with Gasteiger partial charge in [-0.3, -0.25) is 10.1 Å². The topological polar surface area (TPSA) is 77.1 Å². The van der Waals surface area contributed by atoms with Gasteiger partial charge in [0.1, 0.15) is 0 Å². The largest absolute Gasteiger partial charge is 0.306 e. The molecule has 0 atom stereocenters. The first kappa shape index (κ1) is 13.1. The van der Waals surface area contributed by atoms with E-state index in [1.54, 1.807) is 6.20 Å². The lowest BCUT2D eigenvalue weighted by atomic mass is 10.2. The van der Waals surface area contributed by atoms with Crippen molar-refractivity contribution >= 4 is 5.69 Å². The van der Waals surface area contributed by atoms with Crippen LogP contribution in [0.1, 0.15) is 5.69 Å². The van der Waals surface area contributed by atoms with Crippen LogP contribution in [0, 0.1) is 15.9 Å². The highest BCUT2D eigenvalue weighted by molar-refractivity contribution is 5.43. The maximum Gasteiger partial charge on any atom is 0.306 e. The third-order valence-electron chi connectivity index (χ3n) is 2.41. The standard InChI is InChI=1S/C11H12FN5O2/c1-15(2)6-8-7-16(14-13-8)9-3-4-10(12)11(5-9)17(18)19/h3-5,7H,6H2,1-2H3. The lowest BCUT2D eigenvalue weighted by Gasteiger charge is -2.04. The van der Waals surface area contributed by atoms with Gasteiger partial charge >= 0.3 is 5.69 Å². The van der Waals surface area contributed by atoms with E-state index in [9.17, 15) is 14.5 Å². The lowest BCUT2D eigenvalue weighted by molar-refractivity contribution is -0.387. The highest BCUT2D eigenvalue weighted by atomic mass is 19.1. The Hall–Kier alpha value is -2.35. The fourth-order valence-corrected chi connectivity index (χ4v) is 1.60. The monoisotopic (exact) mass is 265 g/mol. The Balaban J connectivity index is 2.34. The van der Waals surface area contributed by atoms with Crippen molar-refractivity contribution in [3.63, 3.8) is 0 Å². The molecule has 1 aromatic carbocycles. The van der Waals surface area contributed by atoms with Gasteiger partial charge in [-0.2, -0.15) is 4.39 Å². The minimum absolute atomic E-state index is 0.394. The second kappa shape index (κ2) is 5.11. The number of hydrogen-bond donors (Lipinski definition) is 0. The van der Waals surface area contributed by atoms with Crippen LogP contribution >= 0.6 is 0 Å². The second-order valence-electron chi connectivity index (χ2n) is 4.29. The van der Waals surface area contributed by atoms with Gasteiger partial charge < -0.3 is 4.90 Å².